The van der Waals surface area contributed by atoms with Crippen molar-refractivity contribution in [3.8, 4) is 0 Å². The van der Waals surface area contributed by atoms with Crippen molar-refractivity contribution in [2.45, 2.75) is 0 Å². The molecule has 0 saturated carbocycles. The van der Waals surface area contributed by atoms with Gasteiger partial charge in [0.05, 0.1) is 0 Å². The van der Waals surface area contributed by atoms with Crippen LogP contribution >= 0.6 is 0 Å². The third kappa shape index (κ3) is 58.7. The molecular formula is FeKLiO4Ti. The first-order valence-corrected chi connectivity index (χ1v) is 3.37. The van der Waals surface area contributed by atoms with E-state index in [9.17, 15) is 0 Å². The topological polar surface area (TPSA) is 92.2 Å². The first kappa shape index (κ1) is 22.5. The van der Waals surface area contributed by atoms with Gasteiger partial charge in [-0.1, -0.05) is 0 Å². The normalized spacial score (nSPS) is 7.50. The Balaban J connectivity index is -0.0000000267. The van der Waals surface area contributed by atoms with Crippen molar-refractivity contribution in [3.63, 3.8) is 0 Å². The number of rotatable bonds is 0. The Hall–Kier alpha value is 3.31. The predicted octanol–water partition coefficient (Wildman–Crippen LogP) is -10.8. The van der Waals surface area contributed by atoms with Crippen molar-refractivity contribution >= 4 is 0 Å². The van der Waals surface area contributed by atoms with Crippen LogP contribution in [0.15, 0.2) is 0 Å². The summed E-state index contributed by atoms with van der Waals surface area (Å²) in [4.78, 5) is 0. The molecule has 0 heterocycles. The van der Waals surface area contributed by atoms with Crippen molar-refractivity contribution in [1.29, 1.82) is 0 Å². The van der Waals surface area contributed by atoms with Crippen LogP contribution in [-0.2, 0) is 35.2 Å². The van der Waals surface area contributed by atoms with Crippen LogP contribution in [-0.4, -0.2) is 0 Å². The summed E-state index contributed by atoms with van der Waals surface area (Å²) in [6, 6.07) is 0. The number of hydrogen-bond acceptors (Lipinski definition) is 4. The molecule has 0 N–H and O–H groups in total. The summed E-state index contributed by atoms with van der Waals surface area (Å²) in [7, 11) is 0. The van der Waals surface area contributed by atoms with Gasteiger partial charge in [-0.25, -0.2) is 0 Å². The molecule has 0 amide bonds. The molecule has 0 rings (SSSR count). The van der Waals surface area contributed by atoms with Crippen LogP contribution in [0, 0.1) is 0 Å². The third-order valence-corrected chi connectivity index (χ3v) is 0. The van der Waals surface area contributed by atoms with Crippen LogP contribution < -0.4 is 85.0 Å². The zero-order chi connectivity index (χ0) is 4.50. The van der Waals surface area contributed by atoms with Gasteiger partial charge in [0.2, 0.25) is 0 Å². The van der Waals surface area contributed by atoms with Crippen molar-refractivity contribution in [2.24, 2.45) is 0 Å². The Kier molecular flexibility index (Phi) is 29.0. The van der Waals surface area contributed by atoms with Crippen molar-refractivity contribution in [2.75, 3.05) is 0 Å². The van der Waals surface area contributed by atoms with Gasteiger partial charge < -0.3 is 0 Å². The van der Waals surface area contributed by atoms with Crippen LogP contribution in [0.1, 0.15) is 0 Å². The second-order valence-corrected chi connectivity index (χ2v) is 2.06. The average molecular weight is 214 g/mol. The van der Waals surface area contributed by atoms with Gasteiger partial charge in [-0.05, 0) is 0 Å². The van der Waals surface area contributed by atoms with E-state index >= 15 is 0 Å². The molecule has 0 bridgehead atoms. The second kappa shape index (κ2) is 10.3. The maximum atomic E-state index is 8.62. The minimum absolute atomic E-state index is 0. The van der Waals surface area contributed by atoms with Gasteiger partial charge in [0.1, 0.15) is 0 Å². The Morgan fingerprint density at radius 3 is 0.875 bits per heavy atom. The van der Waals surface area contributed by atoms with E-state index in [1.165, 1.54) is 0 Å². The molecule has 0 aliphatic heterocycles. The molecule has 0 atom stereocenters. The summed E-state index contributed by atoms with van der Waals surface area (Å²) in [6.07, 6.45) is 0. The van der Waals surface area contributed by atoms with E-state index in [4.69, 9.17) is 14.8 Å². The molecule has 0 radical (unpaired) electrons. The van der Waals surface area contributed by atoms with Crippen molar-refractivity contribution in [3.05, 3.63) is 0 Å². The molecule has 8 heteroatoms. The van der Waals surface area contributed by atoms with Gasteiger partial charge in [0.25, 0.3) is 0 Å². The Labute approximate surface area is 117 Å². The molecule has 0 aromatic rings. The van der Waals surface area contributed by atoms with Crippen LogP contribution in [0.2, 0.25) is 0 Å². The van der Waals surface area contributed by atoms with Gasteiger partial charge in [-0.2, -0.15) is 0 Å². The maximum absolute atomic E-state index is 8.62. The van der Waals surface area contributed by atoms with Gasteiger partial charge >= 0.3 is 120 Å². The standard InChI is InChI=1S/Fe.K.Li.4O.Ti/q+2;2*+1;4*-1;. The Morgan fingerprint density at radius 2 is 0.875 bits per heavy atom. The summed E-state index contributed by atoms with van der Waals surface area (Å²) >= 11 is -6.00. The van der Waals surface area contributed by atoms with E-state index in [1.807, 2.05) is 0 Å². The van der Waals surface area contributed by atoms with E-state index in [0.717, 1.165) is 0 Å². The molecule has 0 spiro atoms. The summed E-state index contributed by atoms with van der Waals surface area (Å²) in [5.41, 5.74) is 0. The molecule has 0 saturated heterocycles. The van der Waals surface area contributed by atoms with Crippen molar-refractivity contribution in [1.82, 2.24) is 0 Å². The average Bonchev–Trinajstić information content (AvgIpc) is 0.722. The molecule has 0 fully saturated rings. The fourth-order valence-corrected chi connectivity index (χ4v) is 0. The predicted molar refractivity (Wildman–Crippen MR) is 0 cm³/mol. The summed E-state index contributed by atoms with van der Waals surface area (Å²) in [5.74, 6) is 0. The van der Waals surface area contributed by atoms with Crippen LogP contribution in [0.3, 0.4) is 0 Å². The molecule has 0 aliphatic carbocycles. The first-order chi connectivity index (χ1) is 2.00. The summed E-state index contributed by atoms with van der Waals surface area (Å²) < 4.78 is 34.5. The summed E-state index contributed by atoms with van der Waals surface area (Å²) in [5, 5.41) is 0. The molecule has 8 heavy (non-hydrogen) atoms. The minimum atomic E-state index is -6.00. The molecule has 38 valence electrons. The molecule has 0 unspecified atom stereocenters. The fraction of sp³-hybridized carbons (Fsp3) is 0. The molecule has 0 aromatic heterocycles. The van der Waals surface area contributed by atoms with Crippen LogP contribution in [0.5, 0.6) is 0 Å². The first-order valence-electron chi connectivity index (χ1n) is 0.816. The van der Waals surface area contributed by atoms with Crippen molar-refractivity contribution < 1.29 is 120 Å². The zero-order valence-corrected chi connectivity index (χ0v) is 10.3. The zero-order valence-electron chi connectivity index (χ0n) is 4.49. The fourth-order valence-electron chi connectivity index (χ4n) is 0. The second-order valence-electron chi connectivity index (χ2n) is 0.500. The number of hydrogen-bond donors (Lipinski definition) is 0. The van der Waals surface area contributed by atoms with Gasteiger partial charge in [0.15, 0.2) is 0 Å². The van der Waals surface area contributed by atoms with Gasteiger partial charge in [-0.15, -0.1) is 0 Å². The third-order valence-electron chi connectivity index (χ3n) is 0. The molecular weight excluding hydrogens is 214 g/mol. The molecule has 4 nitrogen and oxygen atoms in total. The Morgan fingerprint density at radius 1 is 0.875 bits per heavy atom. The van der Waals surface area contributed by atoms with E-state index in [0.29, 0.717) is 0 Å². The van der Waals surface area contributed by atoms with Crippen LogP contribution in [0.25, 0.3) is 0 Å². The van der Waals surface area contributed by atoms with E-state index in [-0.39, 0.29) is 87.3 Å². The van der Waals surface area contributed by atoms with Gasteiger partial charge in [0, 0.05) is 0 Å². The molecule has 0 aliphatic rings. The van der Waals surface area contributed by atoms with Gasteiger partial charge in [-0.3, -0.25) is 0 Å². The summed E-state index contributed by atoms with van der Waals surface area (Å²) in [6.45, 7) is 0. The van der Waals surface area contributed by atoms with E-state index in [2.05, 4.69) is 0 Å². The van der Waals surface area contributed by atoms with Crippen LogP contribution in [0.4, 0.5) is 0 Å². The Bertz CT molecular complexity index is 31.5. The molecule has 0 aromatic carbocycles. The SMILES string of the molecule is [Fe+2].[K+].[Li+].[O-][Ti]([O-])([O-])[O-]. The van der Waals surface area contributed by atoms with E-state index in [1.54, 1.807) is 0 Å². The quantitative estimate of drug-likeness (QED) is 0.374. The monoisotopic (exact) mass is 214 g/mol. The van der Waals surface area contributed by atoms with E-state index < -0.39 is 18.1 Å².